The Kier molecular flexibility index (Phi) is 8.35. The predicted octanol–water partition coefficient (Wildman–Crippen LogP) is 1.06. The van der Waals surface area contributed by atoms with E-state index in [1.54, 1.807) is 0 Å². The minimum absolute atomic E-state index is 0.0516. The lowest BCUT2D eigenvalue weighted by molar-refractivity contribution is -0.128. The van der Waals surface area contributed by atoms with Crippen LogP contribution in [0.4, 0.5) is 0 Å². The molecule has 1 saturated heterocycles. The molecule has 1 aliphatic carbocycles. The van der Waals surface area contributed by atoms with Crippen molar-refractivity contribution in [3.63, 3.8) is 0 Å². The number of hydrogen-bond donors (Lipinski definition) is 3. The molecular weight excluding hydrogens is 382 g/mol. The first-order valence-electron chi connectivity index (χ1n) is 10.9. The molecule has 3 N–H and O–H groups in total. The molecule has 1 aromatic carbocycles. The van der Waals surface area contributed by atoms with Crippen molar-refractivity contribution < 1.29 is 14.3 Å². The van der Waals surface area contributed by atoms with E-state index in [0.717, 1.165) is 57.3 Å². The van der Waals surface area contributed by atoms with Crippen LogP contribution in [0.2, 0.25) is 0 Å². The highest BCUT2D eigenvalue weighted by molar-refractivity contribution is 5.85. The minimum Gasteiger partial charge on any atom is -0.484 e. The van der Waals surface area contributed by atoms with Gasteiger partial charge in [0.1, 0.15) is 12.3 Å². The van der Waals surface area contributed by atoms with E-state index in [4.69, 9.17) is 4.74 Å². The minimum atomic E-state index is -0.0655. The van der Waals surface area contributed by atoms with Crippen LogP contribution >= 0.6 is 0 Å². The Labute approximate surface area is 178 Å². The van der Waals surface area contributed by atoms with Crippen LogP contribution in [0.5, 0.6) is 5.75 Å². The summed E-state index contributed by atoms with van der Waals surface area (Å²) in [6.45, 7) is 5.37. The molecule has 0 spiro atoms. The van der Waals surface area contributed by atoms with E-state index in [9.17, 15) is 9.59 Å². The van der Waals surface area contributed by atoms with E-state index in [2.05, 4.69) is 20.9 Å². The largest absolute Gasteiger partial charge is 0.484 e. The zero-order valence-corrected chi connectivity index (χ0v) is 17.8. The number of likely N-dealkylation sites (tertiary alicyclic amines) is 1. The van der Waals surface area contributed by atoms with Crippen LogP contribution < -0.4 is 20.7 Å². The first-order chi connectivity index (χ1) is 14.6. The van der Waals surface area contributed by atoms with Crippen LogP contribution in [0.1, 0.15) is 38.2 Å². The fourth-order valence-corrected chi connectivity index (χ4v) is 3.28. The van der Waals surface area contributed by atoms with Gasteiger partial charge in [-0.2, -0.15) is 0 Å². The quantitative estimate of drug-likeness (QED) is 0.392. The molecule has 0 radical (unpaired) electrons. The highest BCUT2D eigenvalue weighted by Gasteiger charge is 2.23. The molecule has 8 nitrogen and oxygen atoms in total. The first kappa shape index (κ1) is 21.9. The molecule has 2 amide bonds. The van der Waals surface area contributed by atoms with Crippen molar-refractivity contribution in [2.24, 2.45) is 4.99 Å². The third kappa shape index (κ3) is 7.57. The highest BCUT2D eigenvalue weighted by Crippen LogP contribution is 2.18. The molecular formula is C22H33N5O3. The molecule has 0 aromatic heterocycles. The topological polar surface area (TPSA) is 95.1 Å². The Morgan fingerprint density at radius 1 is 1.13 bits per heavy atom. The number of benzene rings is 1. The second-order valence-corrected chi connectivity index (χ2v) is 7.73. The van der Waals surface area contributed by atoms with Gasteiger partial charge in [-0.3, -0.25) is 9.59 Å². The summed E-state index contributed by atoms with van der Waals surface area (Å²) in [4.78, 5) is 30.1. The van der Waals surface area contributed by atoms with Crippen molar-refractivity contribution in [2.75, 3.05) is 39.3 Å². The average Bonchev–Trinajstić information content (AvgIpc) is 3.38. The molecule has 0 bridgehead atoms. The standard InChI is InChI=1S/C22H33N5O3/c1-2-23-22(25-15-21(29)27-13-3-4-14-27)24-12-11-17-5-9-19(10-6-17)30-16-20(28)26-18-7-8-18/h5-6,9-10,18H,2-4,7-8,11-16H2,1H3,(H,26,28)(H2,23,24,25). The van der Waals surface area contributed by atoms with Crippen LogP contribution in [-0.4, -0.2) is 68.0 Å². The number of ether oxygens (including phenoxy) is 1. The summed E-state index contributed by atoms with van der Waals surface area (Å²) in [5.41, 5.74) is 1.15. The van der Waals surface area contributed by atoms with Gasteiger partial charge in [-0.25, -0.2) is 4.99 Å². The second-order valence-electron chi connectivity index (χ2n) is 7.73. The Morgan fingerprint density at radius 3 is 2.53 bits per heavy atom. The fraction of sp³-hybridized carbons (Fsp3) is 0.591. The van der Waals surface area contributed by atoms with E-state index >= 15 is 0 Å². The maximum absolute atomic E-state index is 12.2. The van der Waals surface area contributed by atoms with Gasteiger partial charge >= 0.3 is 0 Å². The average molecular weight is 416 g/mol. The summed E-state index contributed by atoms with van der Waals surface area (Å²) in [5.74, 6) is 1.37. The van der Waals surface area contributed by atoms with Crippen molar-refractivity contribution in [1.82, 2.24) is 20.9 Å². The molecule has 2 fully saturated rings. The fourth-order valence-electron chi connectivity index (χ4n) is 3.28. The SMILES string of the molecule is CCNC(=NCC(=O)N1CCCC1)NCCc1ccc(OCC(=O)NC2CC2)cc1. The van der Waals surface area contributed by atoms with Gasteiger partial charge in [0.05, 0.1) is 0 Å². The van der Waals surface area contributed by atoms with Crippen molar-refractivity contribution in [2.45, 2.75) is 45.1 Å². The number of nitrogens with zero attached hydrogens (tertiary/aromatic N) is 2. The number of rotatable bonds is 10. The smallest absolute Gasteiger partial charge is 0.258 e. The van der Waals surface area contributed by atoms with Gasteiger partial charge < -0.3 is 25.6 Å². The second kappa shape index (κ2) is 11.4. The van der Waals surface area contributed by atoms with Gasteiger partial charge in [0.2, 0.25) is 5.91 Å². The highest BCUT2D eigenvalue weighted by atomic mass is 16.5. The maximum atomic E-state index is 12.2. The van der Waals surface area contributed by atoms with Gasteiger partial charge in [-0.05, 0) is 56.7 Å². The summed E-state index contributed by atoms with van der Waals surface area (Å²) >= 11 is 0. The Hall–Kier alpha value is -2.77. The normalized spacial score (nSPS) is 16.3. The summed E-state index contributed by atoms with van der Waals surface area (Å²) in [7, 11) is 0. The first-order valence-corrected chi connectivity index (χ1v) is 10.9. The number of carbonyl (C=O) groups excluding carboxylic acids is 2. The van der Waals surface area contributed by atoms with E-state index < -0.39 is 0 Å². The van der Waals surface area contributed by atoms with Crippen molar-refractivity contribution in [3.05, 3.63) is 29.8 Å². The number of aliphatic imine (C=N–C) groups is 1. The summed E-state index contributed by atoms with van der Waals surface area (Å²) in [6, 6.07) is 8.11. The number of amides is 2. The molecule has 30 heavy (non-hydrogen) atoms. The number of guanidine groups is 1. The number of carbonyl (C=O) groups is 2. The van der Waals surface area contributed by atoms with Crippen molar-refractivity contribution in [1.29, 1.82) is 0 Å². The van der Waals surface area contributed by atoms with Crippen LogP contribution in [-0.2, 0) is 16.0 Å². The van der Waals surface area contributed by atoms with Crippen molar-refractivity contribution in [3.8, 4) is 5.75 Å². The monoisotopic (exact) mass is 415 g/mol. The molecule has 2 aliphatic rings. The van der Waals surface area contributed by atoms with E-state index in [-0.39, 0.29) is 25.0 Å². The van der Waals surface area contributed by atoms with Gasteiger partial charge in [0, 0.05) is 32.2 Å². The number of hydrogen-bond acceptors (Lipinski definition) is 4. The zero-order valence-electron chi connectivity index (χ0n) is 17.8. The van der Waals surface area contributed by atoms with Crippen LogP contribution in [0.25, 0.3) is 0 Å². The van der Waals surface area contributed by atoms with Crippen LogP contribution in [0.15, 0.2) is 29.3 Å². The van der Waals surface area contributed by atoms with Crippen molar-refractivity contribution >= 4 is 17.8 Å². The van der Waals surface area contributed by atoms with Gasteiger partial charge in [-0.1, -0.05) is 12.1 Å². The Bertz CT molecular complexity index is 725. The lowest BCUT2D eigenvalue weighted by Gasteiger charge is -2.15. The van der Waals surface area contributed by atoms with E-state index in [1.165, 1.54) is 0 Å². The molecule has 8 heteroatoms. The summed E-state index contributed by atoms with van der Waals surface area (Å²) in [6.07, 6.45) is 5.14. The summed E-state index contributed by atoms with van der Waals surface area (Å²) in [5, 5.41) is 9.36. The molecule has 0 atom stereocenters. The lowest BCUT2D eigenvalue weighted by atomic mass is 10.1. The molecule has 1 heterocycles. The third-order valence-corrected chi connectivity index (χ3v) is 5.12. The molecule has 164 valence electrons. The summed E-state index contributed by atoms with van der Waals surface area (Å²) < 4.78 is 5.53. The van der Waals surface area contributed by atoms with Crippen LogP contribution in [0.3, 0.4) is 0 Å². The predicted molar refractivity (Wildman–Crippen MR) is 117 cm³/mol. The van der Waals surface area contributed by atoms with E-state index in [1.807, 2.05) is 36.1 Å². The Morgan fingerprint density at radius 2 is 1.87 bits per heavy atom. The number of nitrogens with one attached hydrogen (secondary N) is 3. The molecule has 1 aromatic rings. The van der Waals surface area contributed by atoms with Gasteiger partial charge in [0.15, 0.2) is 12.6 Å². The lowest BCUT2D eigenvalue weighted by Crippen LogP contribution is -2.39. The molecule has 0 unspecified atom stereocenters. The van der Waals surface area contributed by atoms with E-state index in [0.29, 0.717) is 24.3 Å². The van der Waals surface area contributed by atoms with Gasteiger partial charge in [0.25, 0.3) is 5.91 Å². The zero-order chi connectivity index (χ0) is 21.2. The molecule has 3 rings (SSSR count). The van der Waals surface area contributed by atoms with Gasteiger partial charge in [-0.15, -0.1) is 0 Å². The maximum Gasteiger partial charge on any atom is 0.258 e. The third-order valence-electron chi connectivity index (χ3n) is 5.12. The molecule has 1 aliphatic heterocycles. The van der Waals surface area contributed by atoms with Crippen LogP contribution in [0, 0.1) is 0 Å². The molecule has 1 saturated carbocycles. The Balaban J connectivity index is 1.37.